The smallest absolute Gasteiger partial charge is 0.308 e. The minimum atomic E-state index is -4.57. The molecule has 11 heteroatoms. The molecule has 2 heterocycles. The Labute approximate surface area is 191 Å². The summed E-state index contributed by atoms with van der Waals surface area (Å²) in [5, 5.41) is 10.0. The molecule has 0 saturated carbocycles. The fourth-order valence-corrected chi connectivity index (χ4v) is 4.01. The Hall–Kier alpha value is -3.60. The van der Waals surface area contributed by atoms with Crippen molar-refractivity contribution in [2.24, 2.45) is 0 Å². The molecule has 0 aliphatic rings. The molecule has 0 spiro atoms. The molecule has 33 heavy (non-hydrogen) atoms. The number of carbonyl (C=O) groups is 1. The van der Waals surface area contributed by atoms with Gasteiger partial charge in [0.2, 0.25) is 0 Å². The van der Waals surface area contributed by atoms with Crippen LogP contribution in [-0.2, 0) is 12.6 Å². The van der Waals surface area contributed by atoms with E-state index in [0.29, 0.717) is 17.3 Å². The highest BCUT2D eigenvalue weighted by molar-refractivity contribution is 7.99. The number of hydrogen-bond acceptors (Lipinski definition) is 5. The number of carbonyl (C=O) groups excluding carboxylic acids is 1. The molecule has 0 aliphatic carbocycles. The van der Waals surface area contributed by atoms with Crippen LogP contribution >= 0.6 is 11.8 Å². The van der Waals surface area contributed by atoms with Gasteiger partial charge in [-0.1, -0.05) is 30.8 Å². The van der Waals surface area contributed by atoms with Gasteiger partial charge in [-0.05, 0) is 55.8 Å². The Balaban J connectivity index is 1.47. The van der Waals surface area contributed by atoms with Crippen LogP contribution in [-0.4, -0.2) is 25.6 Å². The normalized spacial score (nSPS) is 11.5. The number of para-hydroxylation sites is 1. The maximum Gasteiger partial charge on any atom is 0.418 e. The molecular weight excluding hydrogens is 453 g/mol. The molecule has 0 aliphatic heterocycles. The van der Waals surface area contributed by atoms with E-state index >= 15 is 0 Å². The minimum Gasteiger partial charge on any atom is -0.308 e. The van der Waals surface area contributed by atoms with Crippen LogP contribution in [0.25, 0.3) is 5.78 Å². The van der Waals surface area contributed by atoms with Crippen molar-refractivity contribution < 1.29 is 18.0 Å². The number of aryl methyl sites for hydroxylation is 2. The summed E-state index contributed by atoms with van der Waals surface area (Å²) in [5.41, 5.74) is 0.107. The number of hydrogen-bond donors (Lipinski definition) is 2. The van der Waals surface area contributed by atoms with Crippen LogP contribution in [0.15, 0.2) is 64.5 Å². The second kappa shape index (κ2) is 9.10. The van der Waals surface area contributed by atoms with Gasteiger partial charge in [-0.2, -0.15) is 22.7 Å². The largest absolute Gasteiger partial charge is 0.418 e. The Morgan fingerprint density at radius 1 is 1.06 bits per heavy atom. The van der Waals surface area contributed by atoms with Crippen LogP contribution in [0.3, 0.4) is 0 Å². The van der Waals surface area contributed by atoms with Crippen molar-refractivity contribution in [3.05, 3.63) is 71.7 Å². The highest BCUT2D eigenvalue weighted by Gasteiger charge is 2.33. The van der Waals surface area contributed by atoms with E-state index in [1.54, 1.807) is 35.7 Å². The molecule has 2 N–H and O–H groups in total. The molecule has 0 unspecified atom stereocenters. The number of urea groups is 1. The van der Waals surface area contributed by atoms with Gasteiger partial charge in [-0.15, -0.1) is 5.10 Å². The molecule has 4 rings (SSSR count). The van der Waals surface area contributed by atoms with E-state index in [0.717, 1.165) is 28.1 Å². The summed E-state index contributed by atoms with van der Waals surface area (Å²) in [6, 6.07) is 12.9. The van der Waals surface area contributed by atoms with Gasteiger partial charge in [0.05, 0.1) is 11.3 Å². The number of anilines is 2. The topological polar surface area (TPSA) is 84.2 Å². The van der Waals surface area contributed by atoms with E-state index in [9.17, 15) is 18.0 Å². The van der Waals surface area contributed by atoms with Crippen LogP contribution in [0.5, 0.6) is 0 Å². The lowest BCUT2D eigenvalue weighted by molar-refractivity contribution is -0.136. The van der Waals surface area contributed by atoms with Crippen LogP contribution < -0.4 is 10.6 Å². The lowest BCUT2D eigenvalue weighted by Crippen LogP contribution is -2.21. The summed E-state index contributed by atoms with van der Waals surface area (Å²) in [5.74, 6) is 1.15. The number of halogens is 3. The fraction of sp³-hybridized carbons (Fsp3) is 0.182. The first-order valence-electron chi connectivity index (χ1n) is 9.98. The molecule has 0 saturated heterocycles. The number of benzene rings is 2. The van der Waals surface area contributed by atoms with Crippen molar-refractivity contribution >= 4 is 34.9 Å². The van der Waals surface area contributed by atoms with Gasteiger partial charge in [0.15, 0.2) is 0 Å². The molecule has 2 aromatic heterocycles. The maximum absolute atomic E-state index is 13.1. The van der Waals surface area contributed by atoms with Crippen LogP contribution in [0.1, 0.15) is 24.0 Å². The third kappa shape index (κ3) is 5.25. The highest BCUT2D eigenvalue weighted by atomic mass is 32.2. The molecule has 0 fully saturated rings. The van der Waals surface area contributed by atoms with E-state index in [1.807, 2.05) is 13.0 Å². The number of nitrogens with one attached hydrogen (secondary N) is 2. The average Bonchev–Trinajstić information content (AvgIpc) is 3.15. The quantitative estimate of drug-likeness (QED) is 0.358. The summed E-state index contributed by atoms with van der Waals surface area (Å²) in [4.78, 5) is 21.9. The summed E-state index contributed by atoms with van der Waals surface area (Å²) in [6.45, 7) is 3.81. The first-order valence-corrected chi connectivity index (χ1v) is 10.8. The number of rotatable bonds is 5. The van der Waals surface area contributed by atoms with E-state index in [4.69, 9.17) is 0 Å². The van der Waals surface area contributed by atoms with Gasteiger partial charge < -0.3 is 10.6 Å². The number of aromatic nitrogens is 4. The molecule has 0 atom stereocenters. The van der Waals surface area contributed by atoms with Crippen molar-refractivity contribution in [1.82, 2.24) is 19.6 Å². The summed E-state index contributed by atoms with van der Waals surface area (Å²) in [7, 11) is 0. The summed E-state index contributed by atoms with van der Waals surface area (Å²) in [6.07, 6.45) is -3.81. The molecule has 7 nitrogen and oxygen atoms in total. The number of alkyl halides is 3. The van der Waals surface area contributed by atoms with E-state index < -0.39 is 17.8 Å². The lowest BCUT2D eigenvalue weighted by Gasteiger charge is -2.14. The average molecular weight is 472 g/mol. The number of nitrogens with zero attached hydrogens (tertiary/aromatic N) is 4. The molecule has 170 valence electrons. The summed E-state index contributed by atoms with van der Waals surface area (Å²) < 4.78 is 41.0. The third-order valence-corrected chi connectivity index (χ3v) is 5.62. The number of fused-ring (bicyclic) bond motifs is 1. The van der Waals surface area contributed by atoms with Crippen molar-refractivity contribution in [1.29, 1.82) is 0 Å². The first-order chi connectivity index (χ1) is 15.7. The third-order valence-electron chi connectivity index (χ3n) is 4.62. The Bertz CT molecular complexity index is 1300. The predicted molar refractivity (Wildman–Crippen MR) is 120 cm³/mol. The SMILES string of the molecule is CCc1cc(Sc2ccc(NC(=O)Nc3ccccc3C(F)(F)F)cc2)n2nc(C)nc2n1. The molecule has 0 radical (unpaired) electrons. The van der Waals surface area contributed by atoms with Crippen LogP contribution in [0, 0.1) is 6.92 Å². The highest BCUT2D eigenvalue weighted by Crippen LogP contribution is 2.34. The minimum absolute atomic E-state index is 0.314. The van der Waals surface area contributed by atoms with Gasteiger partial charge in [0.1, 0.15) is 10.9 Å². The fourth-order valence-electron chi connectivity index (χ4n) is 3.09. The zero-order valence-corrected chi connectivity index (χ0v) is 18.5. The monoisotopic (exact) mass is 472 g/mol. The van der Waals surface area contributed by atoms with Gasteiger partial charge in [-0.25, -0.2) is 9.78 Å². The Kier molecular flexibility index (Phi) is 6.23. The summed E-state index contributed by atoms with van der Waals surface area (Å²) >= 11 is 1.46. The second-order valence-electron chi connectivity index (χ2n) is 7.06. The first kappa shape index (κ1) is 22.6. The van der Waals surface area contributed by atoms with Crippen molar-refractivity contribution in [3.63, 3.8) is 0 Å². The predicted octanol–water partition coefficient (Wildman–Crippen LogP) is 5.81. The molecule has 0 bridgehead atoms. The second-order valence-corrected chi connectivity index (χ2v) is 8.15. The standard InChI is InChI=1S/C22H19F3N6OS/c1-3-14-12-19(31-20(27-14)26-13(2)30-31)33-16-10-8-15(9-11-16)28-21(32)29-18-7-5-4-6-17(18)22(23,24)25/h4-12H,3H2,1-2H3,(H2,28,29,32). The van der Waals surface area contributed by atoms with Crippen LogP contribution in [0.4, 0.5) is 29.3 Å². The zero-order valence-electron chi connectivity index (χ0n) is 17.6. The molecule has 2 aromatic carbocycles. The molecule has 2 amide bonds. The van der Waals surface area contributed by atoms with Gasteiger partial charge in [-0.3, -0.25) is 0 Å². The molecular formula is C22H19F3N6OS. The van der Waals surface area contributed by atoms with Crippen molar-refractivity contribution in [3.8, 4) is 0 Å². The number of amides is 2. The van der Waals surface area contributed by atoms with Gasteiger partial charge in [0.25, 0.3) is 5.78 Å². The van der Waals surface area contributed by atoms with E-state index in [1.165, 1.54) is 30.0 Å². The van der Waals surface area contributed by atoms with Crippen molar-refractivity contribution in [2.75, 3.05) is 10.6 Å². The lowest BCUT2D eigenvalue weighted by atomic mass is 10.1. The Morgan fingerprint density at radius 3 is 2.48 bits per heavy atom. The van der Waals surface area contributed by atoms with E-state index in [2.05, 4.69) is 25.7 Å². The Morgan fingerprint density at radius 2 is 1.79 bits per heavy atom. The van der Waals surface area contributed by atoms with Gasteiger partial charge in [0, 0.05) is 16.3 Å². The zero-order chi connectivity index (χ0) is 23.6. The van der Waals surface area contributed by atoms with Crippen molar-refractivity contribution in [2.45, 2.75) is 36.4 Å². The van der Waals surface area contributed by atoms with E-state index in [-0.39, 0.29) is 5.69 Å². The van der Waals surface area contributed by atoms with Crippen LogP contribution in [0.2, 0.25) is 0 Å². The van der Waals surface area contributed by atoms with Gasteiger partial charge >= 0.3 is 12.2 Å². The molecule has 4 aromatic rings. The maximum atomic E-state index is 13.1.